The lowest BCUT2D eigenvalue weighted by Gasteiger charge is -2.29. The SMILES string of the molecule is CCOC[C@](C)(CO)C[C@@H](C)CO. The summed E-state index contributed by atoms with van der Waals surface area (Å²) in [6, 6.07) is 0. The van der Waals surface area contributed by atoms with E-state index in [2.05, 4.69) is 0 Å². The van der Waals surface area contributed by atoms with Crippen LogP contribution in [0.3, 0.4) is 0 Å². The summed E-state index contributed by atoms with van der Waals surface area (Å²) in [5.41, 5.74) is -0.210. The Morgan fingerprint density at radius 3 is 2.38 bits per heavy atom. The second kappa shape index (κ2) is 6.35. The molecule has 0 aromatic carbocycles. The van der Waals surface area contributed by atoms with E-state index in [9.17, 15) is 5.11 Å². The van der Waals surface area contributed by atoms with Crippen LogP contribution in [-0.4, -0.2) is 36.6 Å². The molecule has 0 saturated heterocycles. The van der Waals surface area contributed by atoms with Gasteiger partial charge in [-0.05, 0) is 19.3 Å². The van der Waals surface area contributed by atoms with Gasteiger partial charge in [-0.25, -0.2) is 0 Å². The van der Waals surface area contributed by atoms with Crippen LogP contribution in [0.5, 0.6) is 0 Å². The Bertz CT molecular complexity index is 127. The van der Waals surface area contributed by atoms with Crippen molar-refractivity contribution < 1.29 is 14.9 Å². The van der Waals surface area contributed by atoms with Gasteiger partial charge in [-0.3, -0.25) is 0 Å². The predicted molar refractivity (Wildman–Crippen MR) is 52.6 cm³/mol. The molecule has 0 rings (SSSR count). The minimum absolute atomic E-state index is 0.108. The maximum absolute atomic E-state index is 9.19. The highest BCUT2D eigenvalue weighted by Gasteiger charge is 2.25. The molecule has 0 aromatic rings. The third-order valence-corrected chi connectivity index (χ3v) is 2.19. The number of aliphatic hydroxyl groups is 2. The monoisotopic (exact) mass is 190 g/mol. The zero-order chi connectivity index (χ0) is 10.3. The number of aliphatic hydroxyl groups excluding tert-OH is 2. The molecule has 0 spiro atoms. The summed E-state index contributed by atoms with van der Waals surface area (Å²) in [7, 11) is 0. The normalized spacial score (nSPS) is 18.2. The van der Waals surface area contributed by atoms with Crippen molar-refractivity contribution >= 4 is 0 Å². The van der Waals surface area contributed by atoms with Crippen LogP contribution in [0.15, 0.2) is 0 Å². The average molecular weight is 190 g/mol. The smallest absolute Gasteiger partial charge is 0.0541 e. The Morgan fingerprint density at radius 1 is 1.38 bits per heavy atom. The summed E-state index contributed by atoms with van der Waals surface area (Å²) in [4.78, 5) is 0. The number of rotatable bonds is 7. The Balaban J connectivity index is 3.94. The van der Waals surface area contributed by atoms with Gasteiger partial charge < -0.3 is 14.9 Å². The number of ether oxygens (including phenoxy) is 1. The summed E-state index contributed by atoms with van der Waals surface area (Å²) in [6.45, 7) is 7.40. The summed E-state index contributed by atoms with van der Waals surface area (Å²) in [5, 5.41) is 18.1. The molecule has 0 aromatic heterocycles. The summed E-state index contributed by atoms with van der Waals surface area (Å²) in [5.74, 6) is 0.220. The van der Waals surface area contributed by atoms with E-state index in [0.29, 0.717) is 13.2 Å². The van der Waals surface area contributed by atoms with E-state index in [0.717, 1.165) is 6.42 Å². The first kappa shape index (κ1) is 12.9. The molecule has 0 saturated carbocycles. The molecule has 0 amide bonds. The fourth-order valence-electron chi connectivity index (χ4n) is 1.42. The zero-order valence-corrected chi connectivity index (χ0v) is 8.92. The van der Waals surface area contributed by atoms with Gasteiger partial charge in [0.15, 0.2) is 0 Å². The first-order chi connectivity index (χ1) is 6.08. The van der Waals surface area contributed by atoms with Crippen molar-refractivity contribution in [1.29, 1.82) is 0 Å². The molecule has 13 heavy (non-hydrogen) atoms. The van der Waals surface area contributed by atoms with E-state index in [1.165, 1.54) is 0 Å². The van der Waals surface area contributed by atoms with Crippen LogP contribution < -0.4 is 0 Å². The lowest BCUT2D eigenvalue weighted by Crippen LogP contribution is -2.30. The minimum atomic E-state index is -0.210. The van der Waals surface area contributed by atoms with Gasteiger partial charge in [0, 0.05) is 18.6 Å². The van der Waals surface area contributed by atoms with Crippen molar-refractivity contribution in [3.63, 3.8) is 0 Å². The minimum Gasteiger partial charge on any atom is -0.396 e. The first-order valence-corrected chi connectivity index (χ1v) is 4.87. The van der Waals surface area contributed by atoms with Crippen LogP contribution in [0.1, 0.15) is 27.2 Å². The Kier molecular flexibility index (Phi) is 6.29. The van der Waals surface area contributed by atoms with Crippen molar-refractivity contribution in [3.8, 4) is 0 Å². The van der Waals surface area contributed by atoms with E-state index >= 15 is 0 Å². The molecule has 0 unspecified atom stereocenters. The fourth-order valence-corrected chi connectivity index (χ4v) is 1.42. The van der Waals surface area contributed by atoms with Crippen molar-refractivity contribution in [2.75, 3.05) is 26.4 Å². The molecule has 0 heterocycles. The molecule has 0 radical (unpaired) electrons. The van der Waals surface area contributed by atoms with Crippen LogP contribution in [-0.2, 0) is 4.74 Å². The topological polar surface area (TPSA) is 49.7 Å². The Morgan fingerprint density at radius 2 is 2.00 bits per heavy atom. The van der Waals surface area contributed by atoms with Gasteiger partial charge in [0.2, 0.25) is 0 Å². The standard InChI is InChI=1S/C10H22O3/c1-4-13-8-10(3,7-12)5-9(2)6-11/h9,11-12H,4-8H2,1-3H3/t9-,10+/m1/s1. The average Bonchev–Trinajstić information content (AvgIpc) is 2.14. The Labute approximate surface area is 80.7 Å². The largest absolute Gasteiger partial charge is 0.396 e. The quantitative estimate of drug-likeness (QED) is 0.630. The lowest BCUT2D eigenvalue weighted by molar-refractivity contribution is 0.00365. The van der Waals surface area contributed by atoms with Crippen LogP contribution in [0, 0.1) is 11.3 Å². The molecule has 2 atom stereocenters. The summed E-state index contributed by atoms with van der Waals surface area (Å²) in [6.07, 6.45) is 0.792. The van der Waals surface area contributed by atoms with Gasteiger partial charge in [0.25, 0.3) is 0 Å². The molecular formula is C10H22O3. The van der Waals surface area contributed by atoms with Gasteiger partial charge in [0.1, 0.15) is 0 Å². The van der Waals surface area contributed by atoms with Crippen LogP contribution in [0.25, 0.3) is 0 Å². The maximum Gasteiger partial charge on any atom is 0.0541 e. The van der Waals surface area contributed by atoms with E-state index in [-0.39, 0.29) is 24.5 Å². The predicted octanol–water partition coefficient (Wildman–Crippen LogP) is 1.04. The highest BCUT2D eigenvalue weighted by Crippen LogP contribution is 2.25. The molecular weight excluding hydrogens is 168 g/mol. The number of hydrogen-bond acceptors (Lipinski definition) is 3. The molecule has 3 nitrogen and oxygen atoms in total. The van der Waals surface area contributed by atoms with E-state index < -0.39 is 0 Å². The van der Waals surface area contributed by atoms with E-state index in [1.807, 2.05) is 20.8 Å². The van der Waals surface area contributed by atoms with Crippen LogP contribution in [0.4, 0.5) is 0 Å². The van der Waals surface area contributed by atoms with Gasteiger partial charge in [-0.15, -0.1) is 0 Å². The van der Waals surface area contributed by atoms with Gasteiger partial charge in [-0.1, -0.05) is 13.8 Å². The molecule has 0 fully saturated rings. The maximum atomic E-state index is 9.19. The van der Waals surface area contributed by atoms with Crippen molar-refractivity contribution in [1.82, 2.24) is 0 Å². The van der Waals surface area contributed by atoms with Crippen molar-refractivity contribution in [3.05, 3.63) is 0 Å². The second-order valence-electron chi connectivity index (χ2n) is 4.10. The summed E-state index contributed by atoms with van der Waals surface area (Å²) >= 11 is 0. The van der Waals surface area contributed by atoms with Crippen LogP contribution >= 0.6 is 0 Å². The molecule has 3 heteroatoms. The fraction of sp³-hybridized carbons (Fsp3) is 1.00. The third-order valence-electron chi connectivity index (χ3n) is 2.19. The molecule has 0 aliphatic heterocycles. The molecule has 80 valence electrons. The van der Waals surface area contributed by atoms with E-state index in [1.54, 1.807) is 0 Å². The lowest BCUT2D eigenvalue weighted by atomic mass is 9.83. The van der Waals surface area contributed by atoms with Crippen LogP contribution in [0.2, 0.25) is 0 Å². The third kappa shape index (κ3) is 5.24. The van der Waals surface area contributed by atoms with Gasteiger partial charge in [0.05, 0.1) is 13.2 Å². The number of hydrogen-bond donors (Lipinski definition) is 2. The van der Waals surface area contributed by atoms with Gasteiger partial charge >= 0.3 is 0 Å². The van der Waals surface area contributed by atoms with Gasteiger partial charge in [-0.2, -0.15) is 0 Å². The molecule has 0 bridgehead atoms. The molecule has 0 aliphatic carbocycles. The first-order valence-electron chi connectivity index (χ1n) is 4.87. The van der Waals surface area contributed by atoms with Crippen molar-refractivity contribution in [2.24, 2.45) is 11.3 Å². The van der Waals surface area contributed by atoms with Crippen molar-refractivity contribution in [2.45, 2.75) is 27.2 Å². The molecule has 0 aliphatic rings. The second-order valence-corrected chi connectivity index (χ2v) is 4.10. The zero-order valence-electron chi connectivity index (χ0n) is 8.92. The Hall–Kier alpha value is -0.120. The summed E-state index contributed by atoms with van der Waals surface area (Å²) < 4.78 is 5.29. The molecule has 2 N–H and O–H groups in total. The highest BCUT2D eigenvalue weighted by molar-refractivity contribution is 4.75. The van der Waals surface area contributed by atoms with E-state index in [4.69, 9.17) is 9.84 Å². The highest BCUT2D eigenvalue weighted by atomic mass is 16.5.